The van der Waals surface area contributed by atoms with Gasteiger partial charge in [0.05, 0.1) is 0 Å². The average Bonchev–Trinajstić information content (AvgIpc) is 2.54. The van der Waals surface area contributed by atoms with Gasteiger partial charge >= 0.3 is 6.03 Å². The standard InChI is InChI=1S/C12H21N3O2/c1-5-9(6-2)8-13-15-10(16)12(4,7-3)14-11(15)17/h8-9H,5-7H2,1-4H3,(H,14,17)/b13-8-/t12-/m1/s1. The Balaban J connectivity index is 2.79. The molecule has 0 aliphatic carbocycles. The molecule has 1 aliphatic heterocycles. The van der Waals surface area contributed by atoms with Crippen LogP contribution in [0.15, 0.2) is 5.10 Å². The van der Waals surface area contributed by atoms with E-state index in [2.05, 4.69) is 24.3 Å². The molecule has 0 unspecified atom stereocenters. The maximum absolute atomic E-state index is 12.0. The van der Waals surface area contributed by atoms with Crippen LogP contribution in [-0.4, -0.2) is 28.7 Å². The molecule has 0 radical (unpaired) electrons. The molecule has 0 aromatic rings. The van der Waals surface area contributed by atoms with E-state index >= 15 is 0 Å². The number of nitrogens with one attached hydrogen (secondary N) is 1. The third kappa shape index (κ3) is 2.65. The Bertz CT molecular complexity index is 337. The first-order valence-corrected chi connectivity index (χ1v) is 6.19. The zero-order valence-electron chi connectivity index (χ0n) is 11.0. The van der Waals surface area contributed by atoms with Crippen molar-refractivity contribution in [3.63, 3.8) is 0 Å². The molecule has 1 atom stereocenters. The highest BCUT2D eigenvalue weighted by Crippen LogP contribution is 2.21. The molecule has 0 saturated carbocycles. The van der Waals surface area contributed by atoms with Gasteiger partial charge in [-0.3, -0.25) is 4.79 Å². The summed E-state index contributed by atoms with van der Waals surface area (Å²) in [5, 5.41) is 7.63. The van der Waals surface area contributed by atoms with Crippen LogP contribution in [0.25, 0.3) is 0 Å². The van der Waals surface area contributed by atoms with Crippen LogP contribution in [0.3, 0.4) is 0 Å². The second-order valence-corrected chi connectivity index (χ2v) is 4.57. The number of hydrogen-bond donors (Lipinski definition) is 1. The number of urea groups is 1. The lowest BCUT2D eigenvalue weighted by molar-refractivity contribution is -0.130. The number of imide groups is 1. The van der Waals surface area contributed by atoms with E-state index in [-0.39, 0.29) is 5.91 Å². The van der Waals surface area contributed by atoms with Gasteiger partial charge in [0.15, 0.2) is 0 Å². The van der Waals surface area contributed by atoms with Crippen molar-refractivity contribution in [3.05, 3.63) is 0 Å². The quantitative estimate of drug-likeness (QED) is 0.590. The van der Waals surface area contributed by atoms with Gasteiger partial charge in [-0.15, -0.1) is 5.01 Å². The molecule has 1 heterocycles. The predicted octanol–water partition coefficient (Wildman–Crippen LogP) is 2.13. The monoisotopic (exact) mass is 239 g/mol. The van der Waals surface area contributed by atoms with Gasteiger partial charge in [0.25, 0.3) is 5.91 Å². The van der Waals surface area contributed by atoms with Crippen molar-refractivity contribution in [2.24, 2.45) is 11.0 Å². The zero-order chi connectivity index (χ0) is 13.1. The van der Waals surface area contributed by atoms with Crippen molar-refractivity contribution >= 4 is 18.2 Å². The number of carbonyl (C=O) groups is 2. The van der Waals surface area contributed by atoms with E-state index in [1.54, 1.807) is 13.1 Å². The summed E-state index contributed by atoms with van der Waals surface area (Å²) in [7, 11) is 0. The Labute approximate surface area is 102 Å². The number of hydrazone groups is 1. The summed E-state index contributed by atoms with van der Waals surface area (Å²) in [5.41, 5.74) is -0.803. The van der Waals surface area contributed by atoms with E-state index in [0.29, 0.717) is 12.3 Å². The van der Waals surface area contributed by atoms with Crippen molar-refractivity contribution in [2.75, 3.05) is 0 Å². The predicted molar refractivity (Wildman–Crippen MR) is 66.6 cm³/mol. The van der Waals surface area contributed by atoms with Crippen molar-refractivity contribution in [3.8, 4) is 0 Å². The van der Waals surface area contributed by atoms with Crippen molar-refractivity contribution in [1.82, 2.24) is 10.3 Å². The minimum atomic E-state index is -0.803. The van der Waals surface area contributed by atoms with Crippen LogP contribution < -0.4 is 5.32 Å². The van der Waals surface area contributed by atoms with E-state index in [1.165, 1.54) is 0 Å². The van der Waals surface area contributed by atoms with Gasteiger partial charge in [-0.2, -0.15) is 5.10 Å². The molecule has 17 heavy (non-hydrogen) atoms. The highest BCUT2D eigenvalue weighted by molar-refractivity contribution is 6.06. The molecule has 3 amide bonds. The summed E-state index contributed by atoms with van der Waals surface area (Å²) < 4.78 is 0. The first kappa shape index (κ1) is 13.7. The molecule has 0 spiro atoms. The first-order valence-electron chi connectivity index (χ1n) is 6.19. The summed E-state index contributed by atoms with van der Waals surface area (Å²) in [5.74, 6) is 0.0382. The fourth-order valence-electron chi connectivity index (χ4n) is 1.67. The van der Waals surface area contributed by atoms with E-state index in [1.807, 2.05) is 6.92 Å². The van der Waals surface area contributed by atoms with E-state index in [4.69, 9.17) is 0 Å². The normalized spacial score (nSPS) is 25.1. The van der Waals surface area contributed by atoms with Crippen LogP contribution in [0.4, 0.5) is 4.79 Å². The largest absolute Gasteiger partial charge is 0.346 e. The average molecular weight is 239 g/mol. The van der Waals surface area contributed by atoms with Crippen LogP contribution in [0.1, 0.15) is 47.0 Å². The van der Waals surface area contributed by atoms with Crippen LogP contribution in [0.5, 0.6) is 0 Å². The second-order valence-electron chi connectivity index (χ2n) is 4.57. The highest BCUT2D eigenvalue weighted by atomic mass is 16.2. The molecular weight excluding hydrogens is 218 g/mol. The fraction of sp³-hybridized carbons (Fsp3) is 0.750. The molecule has 1 aliphatic rings. The van der Waals surface area contributed by atoms with Crippen molar-refractivity contribution in [2.45, 2.75) is 52.5 Å². The molecule has 1 N–H and O–H groups in total. The highest BCUT2D eigenvalue weighted by Gasteiger charge is 2.46. The molecule has 1 rings (SSSR count). The topological polar surface area (TPSA) is 61.8 Å². The minimum Gasteiger partial charge on any atom is -0.322 e. The molecule has 0 aromatic carbocycles. The molecule has 0 aromatic heterocycles. The lowest BCUT2D eigenvalue weighted by Gasteiger charge is -2.17. The van der Waals surface area contributed by atoms with Gasteiger partial charge in [-0.1, -0.05) is 20.8 Å². The molecule has 96 valence electrons. The summed E-state index contributed by atoms with van der Waals surface area (Å²) in [6.07, 6.45) is 4.16. The summed E-state index contributed by atoms with van der Waals surface area (Å²) in [6, 6.07) is -0.429. The molecule has 0 bridgehead atoms. The Morgan fingerprint density at radius 2 is 1.94 bits per heavy atom. The molecule has 5 nitrogen and oxygen atoms in total. The number of rotatable bonds is 5. The smallest absolute Gasteiger partial charge is 0.322 e. The molecule has 1 fully saturated rings. The number of hydrogen-bond acceptors (Lipinski definition) is 3. The van der Waals surface area contributed by atoms with Crippen molar-refractivity contribution in [1.29, 1.82) is 0 Å². The SMILES string of the molecule is CCC(/C=N\N1C(=O)N[C@](C)(CC)C1=O)CC. The van der Waals surface area contributed by atoms with Crippen LogP contribution >= 0.6 is 0 Å². The van der Waals surface area contributed by atoms with Crippen molar-refractivity contribution < 1.29 is 9.59 Å². The van der Waals surface area contributed by atoms with Gasteiger partial charge < -0.3 is 5.32 Å². The van der Waals surface area contributed by atoms with Gasteiger partial charge in [0, 0.05) is 6.21 Å². The molecule has 5 heteroatoms. The lowest BCUT2D eigenvalue weighted by Crippen LogP contribution is -2.42. The van der Waals surface area contributed by atoms with E-state index in [9.17, 15) is 9.59 Å². The number of nitrogens with zero attached hydrogens (tertiary/aromatic N) is 2. The fourth-order valence-corrected chi connectivity index (χ4v) is 1.67. The van der Waals surface area contributed by atoms with Crippen LogP contribution in [0, 0.1) is 5.92 Å². The molecular formula is C12H21N3O2. The molecule has 1 saturated heterocycles. The third-order valence-corrected chi connectivity index (χ3v) is 3.39. The summed E-state index contributed by atoms with van der Waals surface area (Å²) in [4.78, 5) is 23.6. The van der Waals surface area contributed by atoms with E-state index < -0.39 is 11.6 Å². The minimum absolute atomic E-state index is 0.271. The van der Waals surface area contributed by atoms with Crippen LogP contribution in [-0.2, 0) is 4.79 Å². The Kier molecular flexibility index (Phi) is 4.26. The van der Waals surface area contributed by atoms with Gasteiger partial charge in [0.2, 0.25) is 0 Å². The third-order valence-electron chi connectivity index (χ3n) is 3.39. The first-order chi connectivity index (χ1) is 7.98. The summed E-state index contributed by atoms with van der Waals surface area (Å²) >= 11 is 0. The van der Waals surface area contributed by atoms with Gasteiger partial charge in [-0.05, 0) is 32.1 Å². The number of amides is 3. The van der Waals surface area contributed by atoms with Crippen LogP contribution in [0.2, 0.25) is 0 Å². The maximum Gasteiger partial charge on any atom is 0.346 e. The van der Waals surface area contributed by atoms with Gasteiger partial charge in [0.1, 0.15) is 5.54 Å². The maximum atomic E-state index is 12.0. The Morgan fingerprint density at radius 1 is 1.35 bits per heavy atom. The summed E-state index contributed by atoms with van der Waals surface area (Å²) in [6.45, 7) is 7.70. The number of carbonyl (C=O) groups excluding carboxylic acids is 2. The van der Waals surface area contributed by atoms with E-state index in [0.717, 1.165) is 17.9 Å². The Hall–Kier alpha value is -1.39. The second kappa shape index (κ2) is 5.29. The zero-order valence-corrected chi connectivity index (χ0v) is 11.0. The Morgan fingerprint density at radius 3 is 2.35 bits per heavy atom. The lowest BCUT2D eigenvalue weighted by atomic mass is 10.00. The van der Waals surface area contributed by atoms with Gasteiger partial charge in [-0.25, -0.2) is 4.79 Å².